The van der Waals surface area contributed by atoms with E-state index in [0.29, 0.717) is 6.54 Å². The number of aryl methyl sites for hydroxylation is 2. The third kappa shape index (κ3) is 2.84. The second-order valence-electron chi connectivity index (χ2n) is 3.90. The van der Waals surface area contributed by atoms with Crippen LogP contribution in [0.1, 0.15) is 32.2 Å². The molecule has 1 aromatic heterocycles. The summed E-state index contributed by atoms with van der Waals surface area (Å²) in [6, 6.07) is 2.08. The van der Waals surface area contributed by atoms with Crippen LogP contribution in [0.15, 0.2) is 6.07 Å². The number of hydrogen-bond acceptors (Lipinski definition) is 2. The van der Waals surface area contributed by atoms with E-state index in [2.05, 4.69) is 25.0 Å². The zero-order valence-corrected chi connectivity index (χ0v) is 10.7. The fourth-order valence-electron chi connectivity index (χ4n) is 1.53. The van der Waals surface area contributed by atoms with Crippen LogP contribution < -0.4 is 0 Å². The van der Waals surface area contributed by atoms with Crippen LogP contribution in [0.4, 0.5) is 0 Å². The monoisotopic (exact) mass is 223 g/mol. The summed E-state index contributed by atoms with van der Waals surface area (Å²) in [5.74, 6) is 0.114. The first kappa shape index (κ1) is 12.7. The van der Waals surface area contributed by atoms with Gasteiger partial charge in [0.25, 0.3) is 0 Å². The van der Waals surface area contributed by atoms with Gasteiger partial charge in [0, 0.05) is 19.3 Å². The number of nitrogens with zero attached hydrogens (tertiary/aromatic N) is 3. The van der Waals surface area contributed by atoms with Gasteiger partial charge in [-0.15, -0.1) is 0 Å². The summed E-state index contributed by atoms with van der Waals surface area (Å²) in [7, 11) is 1.82. The molecule has 0 bridgehead atoms. The van der Waals surface area contributed by atoms with Gasteiger partial charge in [0.2, 0.25) is 5.91 Å². The number of rotatable bonds is 5. The van der Waals surface area contributed by atoms with E-state index in [1.165, 1.54) is 0 Å². The summed E-state index contributed by atoms with van der Waals surface area (Å²) in [5.41, 5.74) is 2.19. The first-order valence-electron chi connectivity index (χ1n) is 5.91. The highest BCUT2D eigenvalue weighted by atomic mass is 16.2. The number of aromatic nitrogens is 2. The van der Waals surface area contributed by atoms with Crippen molar-refractivity contribution in [3.63, 3.8) is 0 Å². The molecule has 0 saturated heterocycles. The average Bonchev–Trinajstić information content (AvgIpc) is 2.70. The number of likely N-dealkylation sites (N-methyl/N-ethyl adjacent to an activating group) is 1. The average molecular weight is 223 g/mol. The van der Waals surface area contributed by atoms with E-state index in [4.69, 9.17) is 0 Å². The smallest absolute Gasteiger partial charge is 0.244 e. The minimum absolute atomic E-state index is 0.114. The molecule has 0 aromatic carbocycles. The van der Waals surface area contributed by atoms with Crippen molar-refractivity contribution in [1.82, 2.24) is 14.7 Å². The lowest BCUT2D eigenvalue weighted by atomic mass is 10.2. The van der Waals surface area contributed by atoms with E-state index in [1.807, 2.05) is 18.7 Å². The highest BCUT2D eigenvalue weighted by Crippen LogP contribution is 2.06. The standard InChI is InChI=1S/C12H21N3O/c1-5-10-8-11(6-2)15(13-10)9-12(16)14(4)7-3/h8H,5-7,9H2,1-4H3. The van der Waals surface area contributed by atoms with Crippen LogP contribution >= 0.6 is 0 Å². The summed E-state index contributed by atoms with van der Waals surface area (Å²) in [6.07, 6.45) is 1.83. The molecule has 4 nitrogen and oxygen atoms in total. The van der Waals surface area contributed by atoms with Crippen LogP contribution in [0.2, 0.25) is 0 Å². The van der Waals surface area contributed by atoms with Crippen molar-refractivity contribution in [2.75, 3.05) is 13.6 Å². The quantitative estimate of drug-likeness (QED) is 0.758. The van der Waals surface area contributed by atoms with Gasteiger partial charge in [-0.25, -0.2) is 0 Å². The van der Waals surface area contributed by atoms with Gasteiger partial charge in [0.15, 0.2) is 0 Å². The summed E-state index contributed by atoms with van der Waals surface area (Å²) in [4.78, 5) is 13.5. The summed E-state index contributed by atoms with van der Waals surface area (Å²) in [6.45, 7) is 7.22. The number of carbonyl (C=O) groups excluding carboxylic acids is 1. The molecule has 90 valence electrons. The van der Waals surface area contributed by atoms with E-state index in [9.17, 15) is 4.79 Å². The van der Waals surface area contributed by atoms with Gasteiger partial charge >= 0.3 is 0 Å². The summed E-state index contributed by atoms with van der Waals surface area (Å²) in [5, 5.41) is 4.43. The molecule has 0 N–H and O–H groups in total. The lowest BCUT2D eigenvalue weighted by molar-refractivity contribution is -0.130. The van der Waals surface area contributed by atoms with Crippen LogP contribution in [0.3, 0.4) is 0 Å². The maximum atomic E-state index is 11.8. The van der Waals surface area contributed by atoms with Crippen molar-refractivity contribution >= 4 is 5.91 Å². The maximum Gasteiger partial charge on any atom is 0.244 e. The fraction of sp³-hybridized carbons (Fsp3) is 0.667. The van der Waals surface area contributed by atoms with E-state index in [-0.39, 0.29) is 5.91 Å². The second kappa shape index (κ2) is 5.68. The normalized spacial score (nSPS) is 10.5. The molecule has 16 heavy (non-hydrogen) atoms. The van der Waals surface area contributed by atoms with Gasteiger partial charge in [0.05, 0.1) is 5.69 Å². The Labute approximate surface area is 97.2 Å². The third-order valence-corrected chi connectivity index (χ3v) is 2.82. The topological polar surface area (TPSA) is 38.1 Å². The lowest BCUT2D eigenvalue weighted by Gasteiger charge is -2.15. The van der Waals surface area contributed by atoms with Gasteiger partial charge in [0.1, 0.15) is 6.54 Å². The Hall–Kier alpha value is -1.32. The predicted molar refractivity (Wildman–Crippen MR) is 64.3 cm³/mol. The molecular formula is C12H21N3O. The van der Waals surface area contributed by atoms with Crippen LogP contribution in [0, 0.1) is 0 Å². The van der Waals surface area contributed by atoms with Crippen molar-refractivity contribution in [3.05, 3.63) is 17.5 Å². The molecule has 1 amide bonds. The second-order valence-corrected chi connectivity index (χ2v) is 3.90. The molecule has 1 rings (SSSR count). The molecule has 0 aliphatic carbocycles. The largest absolute Gasteiger partial charge is 0.344 e. The zero-order chi connectivity index (χ0) is 12.1. The highest BCUT2D eigenvalue weighted by molar-refractivity contribution is 5.75. The van der Waals surface area contributed by atoms with Crippen molar-refractivity contribution in [3.8, 4) is 0 Å². The van der Waals surface area contributed by atoms with E-state index < -0.39 is 0 Å². The molecule has 0 aliphatic rings. The van der Waals surface area contributed by atoms with E-state index >= 15 is 0 Å². The summed E-state index contributed by atoms with van der Waals surface area (Å²) < 4.78 is 1.83. The molecule has 0 spiro atoms. The molecule has 0 atom stereocenters. The minimum atomic E-state index is 0.114. The Bertz CT molecular complexity index is 357. The molecule has 0 saturated carbocycles. The van der Waals surface area contributed by atoms with E-state index in [1.54, 1.807) is 4.90 Å². The molecule has 0 aliphatic heterocycles. The molecule has 1 heterocycles. The van der Waals surface area contributed by atoms with Crippen LogP contribution in [-0.2, 0) is 24.2 Å². The SMILES string of the molecule is CCc1cc(CC)n(CC(=O)N(C)CC)n1. The first-order chi connectivity index (χ1) is 7.62. The lowest BCUT2D eigenvalue weighted by Crippen LogP contribution is -2.30. The Morgan fingerprint density at radius 1 is 1.38 bits per heavy atom. The summed E-state index contributed by atoms with van der Waals surface area (Å²) >= 11 is 0. The third-order valence-electron chi connectivity index (χ3n) is 2.82. The minimum Gasteiger partial charge on any atom is -0.344 e. The first-order valence-corrected chi connectivity index (χ1v) is 5.91. The molecule has 0 unspecified atom stereocenters. The van der Waals surface area contributed by atoms with Gasteiger partial charge in [-0.2, -0.15) is 5.10 Å². The van der Waals surface area contributed by atoms with Gasteiger partial charge < -0.3 is 4.90 Å². The highest BCUT2D eigenvalue weighted by Gasteiger charge is 2.11. The van der Waals surface area contributed by atoms with Gasteiger partial charge in [-0.1, -0.05) is 13.8 Å². The van der Waals surface area contributed by atoms with E-state index in [0.717, 1.165) is 30.8 Å². The Kier molecular flexibility index (Phi) is 4.52. The number of carbonyl (C=O) groups is 1. The van der Waals surface area contributed by atoms with Crippen molar-refractivity contribution < 1.29 is 4.79 Å². The molecule has 4 heteroatoms. The fourth-order valence-corrected chi connectivity index (χ4v) is 1.53. The number of amides is 1. The maximum absolute atomic E-state index is 11.8. The molecule has 0 radical (unpaired) electrons. The Morgan fingerprint density at radius 3 is 2.56 bits per heavy atom. The van der Waals surface area contributed by atoms with Crippen LogP contribution in [0.25, 0.3) is 0 Å². The van der Waals surface area contributed by atoms with Crippen molar-refractivity contribution in [2.45, 2.75) is 40.2 Å². The predicted octanol–water partition coefficient (Wildman–Crippen LogP) is 1.49. The van der Waals surface area contributed by atoms with Crippen LogP contribution in [-0.4, -0.2) is 34.2 Å². The number of hydrogen-bond donors (Lipinski definition) is 0. The Balaban J connectivity index is 2.79. The molecule has 0 fully saturated rings. The van der Waals surface area contributed by atoms with Crippen molar-refractivity contribution in [1.29, 1.82) is 0 Å². The Morgan fingerprint density at radius 2 is 2.06 bits per heavy atom. The van der Waals surface area contributed by atoms with Gasteiger partial charge in [-0.3, -0.25) is 9.48 Å². The molecular weight excluding hydrogens is 202 g/mol. The van der Waals surface area contributed by atoms with Gasteiger partial charge in [-0.05, 0) is 25.8 Å². The van der Waals surface area contributed by atoms with Crippen LogP contribution in [0.5, 0.6) is 0 Å². The van der Waals surface area contributed by atoms with Crippen molar-refractivity contribution in [2.24, 2.45) is 0 Å². The molecule has 1 aromatic rings. The zero-order valence-electron chi connectivity index (χ0n) is 10.7.